The maximum Gasteiger partial charge on any atom is 0.0630 e. The van der Waals surface area contributed by atoms with Gasteiger partial charge >= 0.3 is 0 Å². The number of hydrogen-bond donors (Lipinski definition) is 1. The highest BCUT2D eigenvalue weighted by Gasteiger charge is 2.15. The lowest BCUT2D eigenvalue weighted by molar-refractivity contribution is 0.0966. The fraction of sp³-hybridized carbons (Fsp3) is 1.00. The first-order chi connectivity index (χ1) is 6.83. The van der Waals surface area contributed by atoms with Crippen LogP contribution >= 0.6 is 11.8 Å². The fourth-order valence-corrected chi connectivity index (χ4v) is 2.46. The lowest BCUT2D eigenvalue weighted by Crippen LogP contribution is -2.12. The molecule has 0 spiro atoms. The van der Waals surface area contributed by atoms with Gasteiger partial charge in [-0.1, -0.05) is 6.92 Å². The Bertz CT molecular complexity index is 135. The molecule has 0 radical (unpaired) electrons. The molecule has 0 bridgehead atoms. The predicted octanol–water partition coefficient (Wildman–Crippen LogP) is 2.45. The van der Waals surface area contributed by atoms with Crippen LogP contribution in [0.3, 0.4) is 0 Å². The van der Waals surface area contributed by atoms with Crippen LogP contribution in [0.25, 0.3) is 0 Å². The van der Waals surface area contributed by atoms with Crippen molar-refractivity contribution in [2.45, 2.75) is 51.2 Å². The van der Waals surface area contributed by atoms with Crippen LogP contribution in [0, 0.1) is 0 Å². The number of aliphatic hydroxyl groups is 1. The van der Waals surface area contributed by atoms with Gasteiger partial charge in [0, 0.05) is 12.4 Å². The summed E-state index contributed by atoms with van der Waals surface area (Å²) >= 11 is 1.82. The Morgan fingerprint density at radius 3 is 3.07 bits per heavy atom. The van der Waals surface area contributed by atoms with Gasteiger partial charge in [0.25, 0.3) is 0 Å². The molecule has 1 rings (SSSR count). The number of aliphatic hydroxyl groups excluding tert-OH is 1. The molecular weight excluding hydrogens is 196 g/mol. The summed E-state index contributed by atoms with van der Waals surface area (Å²) in [5.74, 6) is 1.99. The zero-order valence-electron chi connectivity index (χ0n) is 9.08. The molecule has 2 unspecified atom stereocenters. The second-order valence-electron chi connectivity index (χ2n) is 3.88. The van der Waals surface area contributed by atoms with Crippen LogP contribution in [-0.4, -0.2) is 35.4 Å². The van der Waals surface area contributed by atoms with Crippen LogP contribution in [0.1, 0.15) is 39.0 Å². The molecule has 0 aromatic carbocycles. The number of ether oxygens (including phenoxy) is 1. The minimum atomic E-state index is -0.110. The van der Waals surface area contributed by atoms with Crippen molar-refractivity contribution in [1.82, 2.24) is 0 Å². The van der Waals surface area contributed by atoms with E-state index in [0.717, 1.165) is 37.4 Å². The Balaban J connectivity index is 1.91. The molecule has 0 aromatic rings. The van der Waals surface area contributed by atoms with Gasteiger partial charge in [-0.25, -0.2) is 0 Å². The summed E-state index contributed by atoms with van der Waals surface area (Å²) in [5.41, 5.74) is 0. The van der Waals surface area contributed by atoms with Crippen LogP contribution in [0.2, 0.25) is 0 Å². The van der Waals surface area contributed by atoms with Crippen LogP contribution in [0.15, 0.2) is 0 Å². The highest BCUT2D eigenvalue weighted by atomic mass is 32.2. The monoisotopic (exact) mass is 218 g/mol. The van der Waals surface area contributed by atoms with E-state index in [1.165, 1.54) is 12.8 Å². The molecule has 3 heteroatoms. The second-order valence-corrected chi connectivity index (χ2v) is 5.20. The average Bonchev–Trinajstić information content (AvgIpc) is 2.67. The Kier molecular flexibility index (Phi) is 6.65. The minimum Gasteiger partial charge on any atom is -0.392 e. The van der Waals surface area contributed by atoms with E-state index >= 15 is 0 Å². The zero-order valence-corrected chi connectivity index (χ0v) is 9.89. The van der Waals surface area contributed by atoms with Crippen molar-refractivity contribution in [3.8, 4) is 0 Å². The van der Waals surface area contributed by atoms with Gasteiger partial charge in [-0.15, -0.1) is 0 Å². The normalized spacial score (nSPS) is 24.0. The predicted molar refractivity (Wildman–Crippen MR) is 61.8 cm³/mol. The molecule has 0 aliphatic carbocycles. The van der Waals surface area contributed by atoms with Crippen molar-refractivity contribution >= 4 is 11.8 Å². The van der Waals surface area contributed by atoms with Gasteiger partial charge in [0.15, 0.2) is 0 Å². The van der Waals surface area contributed by atoms with Crippen molar-refractivity contribution in [3.05, 3.63) is 0 Å². The van der Waals surface area contributed by atoms with Crippen molar-refractivity contribution < 1.29 is 9.84 Å². The van der Waals surface area contributed by atoms with Crippen molar-refractivity contribution in [1.29, 1.82) is 0 Å². The molecule has 0 amide bonds. The average molecular weight is 218 g/mol. The third-order valence-electron chi connectivity index (χ3n) is 2.60. The molecule has 0 saturated carbocycles. The lowest BCUT2D eigenvalue weighted by Gasteiger charge is -2.12. The molecule has 0 aromatic heterocycles. The standard InChI is InChI=1S/C11H22O2S/c1-2-14-9-10(12)5-3-6-11-7-4-8-13-11/h10-12H,2-9H2,1H3. The second kappa shape index (κ2) is 7.55. The van der Waals surface area contributed by atoms with Crippen LogP contribution in [0.4, 0.5) is 0 Å². The van der Waals surface area contributed by atoms with Gasteiger partial charge in [-0.05, 0) is 37.9 Å². The molecule has 1 N–H and O–H groups in total. The van der Waals surface area contributed by atoms with E-state index in [9.17, 15) is 5.11 Å². The Morgan fingerprint density at radius 2 is 2.43 bits per heavy atom. The van der Waals surface area contributed by atoms with E-state index in [2.05, 4.69) is 6.92 Å². The largest absolute Gasteiger partial charge is 0.392 e. The first-order valence-corrected chi connectivity index (χ1v) is 6.85. The van der Waals surface area contributed by atoms with Crippen molar-refractivity contribution in [2.75, 3.05) is 18.1 Å². The molecule has 1 aliphatic rings. The molecule has 14 heavy (non-hydrogen) atoms. The van der Waals surface area contributed by atoms with E-state index in [-0.39, 0.29) is 6.10 Å². The summed E-state index contributed by atoms with van der Waals surface area (Å²) < 4.78 is 5.53. The van der Waals surface area contributed by atoms with Gasteiger partial charge in [0.1, 0.15) is 0 Å². The fourth-order valence-electron chi connectivity index (χ4n) is 1.79. The Labute approximate surface area is 91.4 Å². The van der Waals surface area contributed by atoms with Gasteiger partial charge in [-0.2, -0.15) is 11.8 Å². The van der Waals surface area contributed by atoms with Gasteiger partial charge in [-0.3, -0.25) is 0 Å². The van der Waals surface area contributed by atoms with Gasteiger partial charge in [0.05, 0.1) is 12.2 Å². The summed E-state index contributed by atoms with van der Waals surface area (Å²) in [6.45, 7) is 3.07. The maximum absolute atomic E-state index is 9.59. The molecule has 2 atom stereocenters. The molecule has 2 nitrogen and oxygen atoms in total. The third-order valence-corrected chi connectivity index (χ3v) is 3.63. The smallest absolute Gasteiger partial charge is 0.0630 e. The molecule has 84 valence electrons. The number of thioether (sulfide) groups is 1. The quantitative estimate of drug-likeness (QED) is 0.712. The molecule has 1 aliphatic heterocycles. The van der Waals surface area contributed by atoms with Gasteiger partial charge < -0.3 is 9.84 Å². The molecule has 1 fully saturated rings. The Hall–Kier alpha value is 0.270. The van der Waals surface area contributed by atoms with E-state index < -0.39 is 0 Å². The van der Waals surface area contributed by atoms with E-state index in [1.807, 2.05) is 11.8 Å². The first kappa shape index (κ1) is 12.3. The summed E-state index contributed by atoms with van der Waals surface area (Å²) in [6.07, 6.45) is 6.00. The van der Waals surface area contributed by atoms with Crippen molar-refractivity contribution in [3.63, 3.8) is 0 Å². The molecule has 1 heterocycles. The highest BCUT2D eigenvalue weighted by molar-refractivity contribution is 7.99. The topological polar surface area (TPSA) is 29.5 Å². The van der Waals surface area contributed by atoms with Crippen LogP contribution in [0.5, 0.6) is 0 Å². The third kappa shape index (κ3) is 5.23. The maximum atomic E-state index is 9.59. The summed E-state index contributed by atoms with van der Waals surface area (Å²) in [5, 5.41) is 9.59. The summed E-state index contributed by atoms with van der Waals surface area (Å²) in [7, 11) is 0. The minimum absolute atomic E-state index is 0.110. The Morgan fingerprint density at radius 1 is 1.57 bits per heavy atom. The molecular formula is C11H22O2S. The lowest BCUT2D eigenvalue weighted by atomic mass is 10.1. The summed E-state index contributed by atoms with van der Waals surface area (Å²) in [6, 6.07) is 0. The van der Waals surface area contributed by atoms with E-state index in [4.69, 9.17) is 4.74 Å². The SMILES string of the molecule is CCSCC(O)CCCC1CCCO1. The van der Waals surface area contributed by atoms with Gasteiger partial charge in [0.2, 0.25) is 0 Å². The number of hydrogen-bond acceptors (Lipinski definition) is 3. The zero-order chi connectivity index (χ0) is 10.2. The van der Waals surface area contributed by atoms with E-state index in [1.54, 1.807) is 0 Å². The summed E-state index contributed by atoms with van der Waals surface area (Å²) in [4.78, 5) is 0. The van der Waals surface area contributed by atoms with E-state index in [0.29, 0.717) is 6.10 Å². The highest BCUT2D eigenvalue weighted by Crippen LogP contribution is 2.18. The van der Waals surface area contributed by atoms with Crippen molar-refractivity contribution in [2.24, 2.45) is 0 Å². The van der Waals surface area contributed by atoms with Crippen LogP contribution < -0.4 is 0 Å². The number of rotatable bonds is 7. The van der Waals surface area contributed by atoms with Crippen LogP contribution in [-0.2, 0) is 4.74 Å². The molecule has 1 saturated heterocycles. The first-order valence-electron chi connectivity index (χ1n) is 5.70.